The van der Waals surface area contributed by atoms with Gasteiger partial charge in [0.2, 0.25) is 0 Å². The molecule has 2 saturated carbocycles. The summed E-state index contributed by atoms with van der Waals surface area (Å²) >= 11 is 0. The van der Waals surface area contributed by atoms with Gasteiger partial charge >= 0.3 is 0 Å². The van der Waals surface area contributed by atoms with Crippen molar-refractivity contribution in [3.63, 3.8) is 0 Å². The normalized spacial score (nSPS) is 19.6. The molecule has 0 bridgehead atoms. The quantitative estimate of drug-likeness (QED) is 0.690. The molecule has 1 aromatic rings. The number of ether oxygens (including phenoxy) is 1. The van der Waals surface area contributed by atoms with E-state index in [9.17, 15) is 0 Å². The Morgan fingerprint density at radius 2 is 2.16 bits per heavy atom. The van der Waals surface area contributed by atoms with Crippen LogP contribution in [0.1, 0.15) is 44.2 Å². The van der Waals surface area contributed by atoms with Gasteiger partial charge < -0.3 is 10.1 Å². The molecule has 3 rings (SSSR count). The van der Waals surface area contributed by atoms with Crippen LogP contribution in [-0.4, -0.2) is 34.2 Å². The summed E-state index contributed by atoms with van der Waals surface area (Å²) in [5.41, 5.74) is 1.03. The summed E-state index contributed by atoms with van der Waals surface area (Å²) in [5.74, 6) is 0.937. The van der Waals surface area contributed by atoms with E-state index in [-0.39, 0.29) is 0 Å². The zero-order valence-corrected chi connectivity index (χ0v) is 11.6. The van der Waals surface area contributed by atoms with Gasteiger partial charge in [-0.3, -0.25) is 0 Å². The fourth-order valence-corrected chi connectivity index (χ4v) is 2.36. The Morgan fingerprint density at radius 3 is 2.89 bits per heavy atom. The topological polar surface area (TPSA) is 52.0 Å². The Bertz CT molecular complexity index is 385. The van der Waals surface area contributed by atoms with E-state index in [0.29, 0.717) is 0 Å². The summed E-state index contributed by atoms with van der Waals surface area (Å²) in [6.07, 6.45) is 10.1. The van der Waals surface area contributed by atoms with E-state index in [1.807, 2.05) is 10.9 Å². The highest BCUT2D eigenvalue weighted by Gasteiger charge is 2.20. The Morgan fingerprint density at radius 1 is 1.26 bits per heavy atom. The molecule has 106 valence electrons. The highest BCUT2D eigenvalue weighted by atomic mass is 16.5. The lowest BCUT2D eigenvalue weighted by Gasteiger charge is -2.24. The first-order chi connectivity index (χ1) is 9.40. The van der Waals surface area contributed by atoms with Crippen LogP contribution in [0, 0.1) is 5.92 Å². The molecule has 0 spiro atoms. The van der Waals surface area contributed by atoms with Crippen LogP contribution in [0.15, 0.2) is 6.20 Å². The average Bonchev–Trinajstić information content (AvgIpc) is 3.08. The molecular weight excluding hydrogens is 240 g/mol. The van der Waals surface area contributed by atoms with Gasteiger partial charge in [-0.25, -0.2) is 4.68 Å². The van der Waals surface area contributed by atoms with Gasteiger partial charge in [-0.2, -0.15) is 0 Å². The van der Waals surface area contributed by atoms with E-state index >= 15 is 0 Å². The summed E-state index contributed by atoms with van der Waals surface area (Å²) < 4.78 is 7.54. The van der Waals surface area contributed by atoms with E-state index < -0.39 is 0 Å². The zero-order chi connectivity index (χ0) is 12.9. The Hall–Kier alpha value is -0.940. The molecule has 19 heavy (non-hydrogen) atoms. The van der Waals surface area contributed by atoms with Crippen molar-refractivity contribution in [2.75, 3.05) is 13.2 Å². The lowest BCUT2D eigenvalue weighted by atomic mass is 9.83. The highest BCUT2D eigenvalue weighted by molar-refractivity contribution is 4.94. The first-order valence-corrected chi connectivity index (χ1v) is 7.60. The Kier molecular flexibility index (Phi) is 4.45. The van der Waals surface area contributed by atoms with Crippen molar-refractivity contribution in [3.05, 3.63) is 11.9 Å². The minimum Gasteiger partial charge on any atom is -0.380 e. The minimum atomic E-state index is 0.722. The first-order valence-electron chi connectivity index (χ1n) is 7.60. The number of hydrogen-bond acceptors (Lipinski definition) is 4. The molecule has 5 nitrogen and oxygen atoms in total. The molecule has 0 unspecified atom stereocenters. The van der Waals surface area contributed by atoms with Crippen LogP contribution in [0.4, 0.5) is 0 Å². The summed E-state index contributed by atoms with van der Waals surface area (Å²) in [5, 5.41) is 11.7. The van der Waals surface area contributed by atoms with Gasteiger partial charge in [-0.05, 0) is 25.2 Å². The maximum absolute atomic E-state index is 5.66. The minimum absolute atomic E-state index is 0.722. The fourth-order valence-electron chi connectivity index (χ4n) is 2.36. The second-order valence-corrected chi connectivity index (χ2v) is 5.83. The van der Waals surface area contributed by atoms with E-state index in [1.165, 1.54) is 38.5 Å². The van der Waals surface area contributed by atoms with Crippen molar-refractivity contribution in [1.29, 1.82) is 0 Å². The molecule has 1 aromatic heterocycles. The average molecular weight is 264 g/mol. The molecule has 2 aliphatic rings. The van der Waals surface area contributed by atoms with Gasteiger partial charge in [0.25, 0.3) is 0 Å². The molecule has 0 radical (unpaired) electrons. The molecule has 1 N–H and O–H groups in total. The first kappa shape index (κ1) is 13.1. The number of hydrogen-bond donors (Lipinski definition) is 1. The largest absolute Gasteiger partial charge is 0.380 e. The van der Waals surface area contributed by atoms with Gasteiger partial charge in [0.1, 0.15) is 0 Å². The van der Waals surface area contributed by atoms with Crippen molar-refractivity contribution in [1.82, 2.24) is 20.3 Å². The Balaban J connectivity index is 1.26. The lowest BCUT2D eigenvalue weighted by molar-refractivity contribution is 0.0983. The smallest absolute Gasteiger partial charge is 0.0964 e. The van der Waals surface area contributed by atoms with Crippen molar-refractivity contribution >= 4 is 0 Å². The number of nitrogens with one attached hydrogen (secondary N) is 1. The summed E-state index contributed by atoms with van der Waals surface area (Å²) in [6.45, 7) is 3.29. The van der Waals surface area contributed by atoms with Gasteiger partial charge in [-0.15, -0.1) is 5.10 Å². The zero-order valence-electron chi connectivity index (χ0n) is 11.6. The molecule has 0 atom stereocenters. The summed E-state index contributed by atoms with van der Waals surface area (Å²) in [4.78, 5) is 0. The molecule has 0 aromatic carbocycles. The van der Waals surface area contributed by atoms with Crippen molar-refractivity contribution in [2.24, 2.45) is 5.92 Å². The third kappa shape index (κ3) is 4.28. The van der Waals surface area contributed by atoms with Crippen LogP contribution < -0.4 is 5.32 Å². The van der Waals surface area contributed by atoms with Crippen LogP contribution in [0.3, 0.4) is 0 Å². The van der Waals surface area contributed by atoms with E-state index in [0.717, 1.165) is 44.0 Å². The SMILES string of the molecule is c1c(CNC2CC2)nnn1CCOCCC1CCC1. The van der Waals surface area contributed by atoms with E-state index in [1.54, 1.807) is 0 Å². The highest BCUT2D eigenvalue weighted by Crippen LogP contribution is 2.29. The molecule has 1 heterocycles. The lowest BCUT2D eigenvalue weighted by Crippen LogP contribution is -2.15. The van der Waals surface area contributed by atoms with Crippen LogP contribution in [0.25, 0.3) is 0 Å². The standard InChI is InChI=1S/C14H24N4O/c1-2-12(3-1)6-8-19-9-7-18-11-14(16-17-18)10-15-13-4-5-13/h11-13,15H,1-10H2. The van der Waals surface area contributed by atoms with Crippen molar-refractivity contribution in [2.45, 2.75) is 57.7 Å². The second kappa shape index (κ2) is 6.48. The number of rotatable bonds is 9. The van der Waals surface area contributed by atoms with Crippen LogP contribution in [0.5, 0.6) is 0 Å². The van der Waals surface area contributed by atoms with Crippen LogP contribution >= 0.6 is 0 Å². The number of aromatic nitrogens is 3. The van der Waals surface area contributed by atoms with Crippen LogP contribution in [0.2, 0.25) is 0 Å². The van der Waals surface area contributed by atoms with E-state index in [4.69, 9.17) is 4.74 Å². The van der Waals surface area contributed by atoms with Crippen molar-refractivity contribution < 1.29 is 4.74 Å². The second-order valence-electron chi connectivity index (χ2n) is 5.83. The third-order valence-electron chi connectivity index (χ3n) is 4.10. The fraction of sp³-hybridized carbons (Fsp3) is 0.857. The molecule has 0 amide bonds. The third-order valence-corrected chi connectivity index (χ3v) is 4.10. The van der Waals surface area contributed by atoms with Crippen molar-refractivity contribution in [3.8, 4) is 0 Å². The molecule has 2 aliphatic carbocycles. The molecule has 0 saturated heterocycles. The van der Waals surface area contributed by atoms with Crippen LogP contribution in [-0.2, 0) is 17.8 Å². The molecular formula is C14H24N4O. The van der Waals surface area contributed by atoms with Gasteiger partial charge in [0.05, 0.1) is 18.8 Å². The van der Waals surface area contributed by atoms with Gasteiger partial charge in [0, 0.05) is 25.4 Å². The predicted molar refractivity (Wildman–Crippen MR) is 72.7 cm³/mol. The van der Waals surface area contributed by atoms with E-state index in [2.05, 4.69) is 15.6 Å². The van der Waals surface area contributed by atoms with Gasteiger partial charge in [0.15, 0.2) is 0 Å². The maximum atomic E-state index is 5.66. The Labute approximate surface area is 114 Å². The van der Waals surface area contributed by atoms with Gasteiger partial charge in [-0.1, -0.05) is 24.5 Å². The monoisotopic (exact) mass is 264 g/mol. The summed E-state index contributed by atoms with van der Waals surface area (Å²) in [7, 11) is 0. The molecule has 2 fully saturated rings. The summed E-state index contributed by atoms with van der Waals surface area (Å²) in [6, 6.07) is 0.722. The number of nitrogens with zero attached hydrogens (tertiary/aromatic N) is 3. The molecule has 5 heteroatoms. The maximum Gasteiger partial charge on any atom is 0.0964 e. The predicted octanol–water partition coefficient (Wildman–Crippen LogP) is 1.74. The molecule has 0 aliphatic heterocycles.